The highest BCUT2D eigenvalue weighted by Crippen LogP contribution is 2.35. The van der Waals surface area contributed by atoms with Gasteiger partial charge in [-0.05, 0) is 37.4 Å². The topological polar surface area (TPSA) is 39.7 Å². The Balaban J connectivity index is 1.58. The third-order valence-corrected chi connectivity index (χ3v) is 4.21. The van der Waals surface area contributed by atoms with Gasteiger partial charge in [0.2, 0.25) is 6.79 Å². The third-order valence-electron chi connectivity index (χ3n) is 4.21. The van der Waals surface area contributed by atoms with E-state index in [1.165, 1.54) is 25.7 Å². The molecule has 110 valence electrons. The molecule has 1 heterocycles. The molecule has 1 aliphatic carbocycles. The van der Waals surface area contributed by atoms with E-state index in [0.29, 0.717) is 12.8 Å². The summed E-state index contributed by atoms with van der Waals surface area (Å²) in [5.74, 6) is 3.19. The van der Waals surface area contributed by atoms with Crippen molar-refractivity contribution in [1.82, 2.24) is 5.32 Å². The molecule has 0 spiro atoms. The first kappa shape index (κ1) is 13.6. The zero-order chi connectivity index (χ0) is 13.8. The van der Waals surface area contributed by atoms with E-state index in [-0.39, 0.29) is 0 Å². The molecule has 0 amide bonds. The minimum Gasteiger partial charge on any atom is -0.492 e. The highest BCUT2D eigenvalue weighted by atomic mass is 16.7. The molecule has 0 saturated heterocycles. The lowest BCUT2D eigenvalue weighted by molar-refractivity contribution is 0.173. The molecular weight excluding hydrogens is 254 g/mol. The predicted octanol–water partition coefficient (Wildman–Crippen LogP) is 2.96. The van der Waals surface area contributed by atoms with E-state index in [9.17, 15) is 0 Å². The molecule has 3 rings (SSSR count). The minimum absolute atomic E-state index is 0.306. The summed E-state index contributed by atoms with van der Waals surface area (Å²) >= 11 is 0. The Bertz CT molecular complexity index is 443. The molecule has 1 unspecified atom stereocenters. The number of likely N-dealkylation sites (N-methyl/N-ethyl adjacent to an activating group) is 1. The van der Waals surface area contributed by atoms with Crippen LogP contribution in [0.2, 0.25) is 0 Å². The summed E-state index contributed by atoms with van der Waals surface area (Å²) in [5.41, 5.74) is 0. The summed E-state index contributed by atoms with van der Waals surface area (Å²) in [4.78, 5) is 0. The van der Waals surface area contributed by atoms with Gasteiger partial charge in [-0.2, -0.15) is 0 Å². The van der Waals surface area contributed by atoms with Crippen LogP contribution < -0.4 is 19.5 Å². The lowest BCUT2D eigenvalue weighted by Gasteiger charge is -2.24. The number of ether oxygens (including phenoxy) is 3. The lowest BCUT2D eigenvalue weighted by atomic mass is 9.99. The van der Waals surface area contributed by atoms with Crippen molar-refractivity contribution in [3.8, 4) is 17.2 Å². The van der Waals surface area contributed by atoms with Crippen LogP contribution in [0.4, 0.5) is 0 Å². The number of rotatable bonds is 6. The highest BCUT2D eigenvalue weighted by molar-refractivity contribution is 5.46. The fourth-order valence-electron chi connectivity index (χ4n) is 3.14. The van der Waals surface area contributed by atoms with Gasteiger partial charge in [-0.3, -0.25) is 0 Å². The Morgan fingerprint density at radius 2 is 2.05 bits per heavy atom. The molecule has 1 N–H and O–H groups in total. The SMILES string of the molecule is CCNC(COc1ccc2c(c1)OCO2)C1CCCC1. The van der Waals surface area contributed by atoms with E-state index in [1.807, 2.05) is 18.2 Å². The monoisotopic (exact) mass is 277 g/mol. The van der Waals surface area contributed by atoms with Crippen molar-refractivity contribution in [2.45, 2.75) is 38.6 Å². The van der Waals surface area contributed by atoms with Crippen LogP contribution in [-0.4, -0.2) is 26.0 Å². The number of hydrogen-bond acceptors (Lipinski definition) is 4. The number of fused-ring (bicyclic) bond motifs is 1. The van der Waals surface area contributed by atoms with Crippen LogP contribution >= 0.6 is 0 Å². The van der Waals surface area contributed by atoms with E-state index < -0.39 is 0 Å². The van der Waals surface area contributed by atoms with Gasteiger partial charge < -0.3 is 19.5 Å². The van der Waals surface area contributed by atoms with Gasteiger partial charge in [0.1, 0.15) is 12.4 Å². The summed E-state index contributed by atoms with van der Waals surface area (Å²) in [7, 11) is 0. The molecule has 0 bridgehead atoms. The Hall–Kier alpha value is -1.42. The van der Waals surface area contributed by atoms with Gasteiger partial charge in [-0.1, -0.05) is 19.8 Å². The van der Waals surface area contributed by atoms with Crippen molar-refractivity contribution in [1.29, 1.82) is 0 Å². The fourth-order valence-corrected chi connectivity index (χ4v) is 3.14. The van der Waals surface area contributed by atoms with Gasteiger partial charge in [0.15, 0.2) is 11.5 Å². The largest absolute Gasteiger partial charge is 0.492 e. The fraction of sp³-hybridized carbons (Fsp3) is 0.625. The molecule has 4 nitrogen and oxygen atoms in total. The first-order valence-electron chi connectivity index (χ1n) is 7.62. The first-order chi connectivity index (χ1) is 9.86. The molecule has 1 saturated carbocycles. The normalized spacial score (nSPS) is 19.2. The van der Waals surface area contributed by atoms with Crippen molar-refractivity contribution in [3.63, 3.8) is 0 Å². The quantitative estimate of drug-likeness (QED) is 0.868. The summed E-state index contributed by atoms with van der Waals surface area (Å²) < 4.78 is 16.6. The van der Waals surface area contributed by atoms with Crippen LogP contribution in [0.15, 0.2) is 18.2 Å². The van der Waals surface area contributed by atoms with Crippen LogP contribution in [0.25, 0.3) is 0 Å². The van der Waals surface area contributed by atoms with Crippen LogP contribution in [-0.2, 0) is 0 Å². The second-order valence-corrected chi connectivity index (χ2v) is 5.53. The maximum Gasteiger partial charge on any atom is 0.231 e. The molecular formula is C16H23NO3. The summed E-state index contributed by atoms with van der Waals surface area (Å²) in [6.07, 6.45) is 5.36. The van der Waals surface area contributed by atoms with Gasteiger partial charge in [0.25, 0.3) is 0 Å². The van der Waals surface area contributed by atoms with E-state index in [2.05, 4.69) is 12.2 Å². The van der Waals surface area contributed by atoms with Gasteiger partial charge in [-0.25, -0.2) is 0 Å². The summed E-state index contributed by atoms with van der Waals surface area (Å²) in [5, 5.41) is 3.57. The number of benzene rings is 1. The second kappa shape index (κ2) is 6.35. The Labute approximate surface area is 120 Å². The van der Waals surface area contributed by atoms with E-state index in [4.69, 9.17) is 14.2 Å². The van der Waals surface area contributed by atoms with Gasteiger partial charge >= 0.3 is 0 Å². The van der Waals surface area contributed by atoms with Gasteiger partial charge in [0, 0.05) is 12.1 Å². The third kappa shape index (κ3) is 3.01. The molecule has 4 heteroatoms. The standard InChI is InChI=1S/C16H23NO3/c1-2-17-14(12-5-3-4-6-12)10-18-13-7-8-15-16(9-13)20-11-19-15/h7-9,12,14,17H,2-6,10-11H2,1H3. The predicted molar refractivity (Wildman–Crippen MR) is 77.5 cm³/mol. The lowest BCUT2D eigenvalue weighted by Crippen LogP contribution is -2.40. The molecule has 20 heavy (non-hydrogen) atoms. The molecule has 1 aromatic carbocycles. The van der Waals surface area contributed by atoms with Crippen LogP contribution in [0.5, 0.6) is 17.2 Å². The molecule has 2 aliphatic rings. The maximum absolute atomic E-state index is 5.96. The number of hydrogen-bond donors (Lipinski definition) is 1. The molecule has 1 atom stereocenters. The van der Waals surface area contributed by atoms with E-state index >= 15 is 0 Å². The van der Waals surface area contributed by atoms with E-state index in [1.54, 1.807) is 0 Å². The van der Waals surface area contributed by atoms with Crippen LogP contribution in [0.1, 0.15) is 32.6 Å². The maximum atomic E-state index is 5.96. The number of nitrogens with one attached hydrogen (secondary N) is 1. The van der Waals surface area contributed by atoms with Crippen LogP contribution in [0, 0.1) is 5.92 Å². The molecule has 1 aromatic rings. The van der Waals surface area contributed by atoms with Crippen molar-refractivity contribution < 1.29 is 14.2 Å². The molecule has 0 radical (unpaired) electrons. The Kier molecular flexibility index (Phi) is 4.31. The molecule has 1 fully saturated rings. The van der Waals surface area contributed by atoms with Crippen molar-refractivity contribution in [3.05, 3.63) is 18.2 Å². The zero-order valence-corrected chi connectivity index (χ0v) is 12.1. The summed E-state index contributed by atoms with van der Waals surface area (Å²) in [6, 6.07) is 6.23. The smallest absolute Gasteiger partial charge is 0.231 e. The van der Waals surface area contributed by atoms with Crippen molar-refractivity contribution in [2.75, 3.05) is 19.9 Å². The van der Waals surface area contributed by atoms with Crippen molar-refractivity contribution in [2.24, 2.45) is 5.92 Å². The molecule has 0 aromatic heterocycles. The average Bonchev–Trinajstić information content (AvgIpc) is 3.13. The molecule has 1 aliphatic heterocycles. The minimum atomic E-state index is 0.306. The van der Waals surface area contributed by atoms with E-state index in [0.717, 1.165) is 36.3 Å². The Morgan fingerprint density at radius 3 is 2.85 bits per heavy atom. The first-order valence-corrected chi connectivity index (χ1v) is 7.62. The second-order valence-electron chi connectivity index (χ2n) is 5.53. The zero-order valence-electron chi connectivity index (χ0n) is 12.1. The summed E-state index contributed by atoms with van der Waals surface area (Å²) in [6.45, 7) is 4.17. The highest BCUT2D eigenvalue weighted by Gasteiger charge is 2.25. The van der Waals surface area contributed by atoms with Crippen molar-refractivity contribution >= 4 is 0 Å². The van der Waals surface area contributed by atoms with Gasteiger partial charge in [-0.15, -0.1) is 0 Å². The van der Waals surface area contributed by atoms with Gasteiger partial charge in [0.05, 0.1) is 0 Å². The Morgan fingerprint density at radius 1 is 1.25 bits per heavy atom. The van der Waals surface area contributed by atoms with Crippen LogP contribution in [0.3, 0.4) is 0 Å². The average molecular weight is 277 g/mol.